The van der Waals surface area contributed by atoms with E-state index < -0.39 is 5.97 Å². The number of hydrogen-bond acceptors (Lipinski definition) is 3. The highest BCUT2D eigenvalue weighted by atomic mass is 16.5. The van der Waals surface area contributed by atoms with Crippen LogP contribution < -0.4 is 5.32 Å². The molecule has 2 atom stereocenters. The summed E-state index contributed by atoms with van der Waals surface area (Å²) >= 11 is 0. The van der Waals surface area contributed by atoms with Gasteiger partial charge in [-0.05, 0) is 6.42 Å². The van der Waals surface area contributed by atoms with E-state index in [4.69, 9.17) is 9.84 Å². The topological polar surface area (TPSA) is 58.6 Å². The van der Waals surface area contributed by atoms with Crippen LogP contribution in [0.1, 0.15) is 13.3 Å². The molecule has 2 unspecified atom stereocenters. The summed E-state index contributed by atoms with van der Waals surface area (Å²) in [6, 6.07) is -0.0127. The first-order valence-electron chi connectivity index (χ1n) is 4.29. The van der Waals surface area contributed by atoms with E-state index >= 15 is 0 Å². The number of ether oxygens (including phenoxy) is 1. The molecule has 2 N–H and O–H groups in total. The smallest absolute Gasteiger partial charge is 0.308 e. The minimum absolute atomic E-state index is 0.0127. The molecule has 0 spiro atoms. The molecule has 0 aromatic heterocycles. The first-order chi connectivity index (χ1) is 5.75. The molecule has 1 heterocycles. The molecule has 0 aromatic carbocycles. The third-order valence-electron chi connectivity index (χ3n) is 2.19. The molecule has 0 aliphatic carbocycles. The lowest BCUT2D eigenvalue weighted by Gasteiger charge is -2.28. The second kappa shape index (κ2) is 4.42. The Labute approximate surface area is 71.9 Å². The fourth-order valence-corrected chi connectivity index (χ4v) is 1.48. The van der Waals surface area contributed by atoms with Gasteiger partial charge in [0.15, 0.2) is 0 Å². The molecular formula is C8H15NO3. The summed E-state index contributed by atoms with van der Waals surface area (Å²) in [4.78, 5) is 10.7. The van der Waals surface area contributed by atoms with E-state index in [1.165, 1.54) is 0 Å². The van der Waals surface area contributed by atoms with Gasteiger partial charge in [-0.2, -0.15) is 0 Å². The van der Waals surface area contributed by atoms with Gasteiger partial charge >= 0.3 is 5.97 Å². The third kappa shape index (κ3) is 2.19. The largest absolute Gasteiger partial charge is 0.481 e. The van der Waals surface area contributed by atoms with E-state index in [1.54, 1.807) is 0 Å². The number of hydrogen-bond donors (Lipinski definition) is 2. The molecule has 1 saturated heterocycles. The molecule has 0 bridgehead atoms. The number of carboxylic acid groups (broad SMARTS) is 1. The Morgan fingerprint density at radius 2 is 2.58 bits per heavy atom. The normalized spacial score (nSPS) is 26.6. The van der Waals surface area contributed by atoms with Crippen LogP contribution in [0.4, 0.5) is 0 Å². The second-order valence-corrected chi connectivity index (χ2v) is 2.99. The molecule has 4 nitrogen and oxygen atoms in total. The molecule has 1 aliphatic heterocycles. The van der Waals surface area contributed by atoms with Crippen molar-refractivity contribution in [1.29, 1.82) is 0 Å². The Kier molecular flexibility index (Phi) is 3.49. The van der Waals surface area contributed by atoms with Crippen molar-refractivity contribution in [3.63, 3.8) is 0 Å². The fourth-order valence-electron chi connectivity index (χ4n) is 1.48. The summed E-state index contributed by atoms with van der Waals surface area (Å²) in [7, 11) is 0. The number of nitrogens with one attached hydrogen (secondary N) is 1. The van der Waals surface area contributed by atoms with Crippen molar-refractivity contribution in [1.82, 2.24) is 5.32 Å². The average molecular weight is 173 g/mol. The Morgan fingerprint density at radius 1 is 1.83 bits per heavy atom. The minimum atomic E-state index is -0.736. The van der Waals surface area contributed by atoms with Crippen LogP contribution in [0.5, 0.6) is 0 Å². The summed E-state index contributed by atoms with van der Waals surface area (Å²) < 4.78 is 5.19. The molecule has 1 aliphatic rings. The highest BCUT2D eigenvalue weighted by Gasteiger charge is 2.27. The average Bonchev–Trinajstić information content (AvgIpc) is 2.07. The lowest BCUT2D eigenvalue weighted by molar-refractivity contribution is -0.144. The first kappa shape index (κ1) is 9.48. The summed E-state index contributed by atoms with van der Waals surface area (Å²) in [5.41, 5.74) is 0. The van der Waals surface area contributed by atoms with Crippen molar-refractivity contribution in [2.75, 3.05) is 19.8 Å². The van der Waals surface area contributed by atoms with Crippen LogP contribution in [-0.2, 0) is 9.53 Å². The Bertz CT molecular complexity index is 154. The zero-order valence-electron chi connectivity index (χ0n) is 7.25. The summed E-state index contributed by atoms with van der Waals surface area (Å²) in [5.74, 6) is -1.05. The van der Waals surface area contributed by atoms with Gasteiger partial charge in [-0.15, -0.1) is 0 Å². The van der Waals surface area contributed by atoms with Crippen LogP contribution >= 0.6 is 0 Å². The first-order valence-corrected chi connectivity index (χ1v) is 4.29. The number of aliphatic carboxylic acids is 1. The van der Waals surface area contributed by atoms with E-state index in [0.717, 1.165) is 6.54 Å². The van der Waals surface area contributed by atoms with Crippen molar-refractivity contribution < 1.29 is 14.6 Å². The molecule has 0 radical (unpaired) electrons. The van der Waals surface area contributed by atoms with Crippen LogP contribution in [0, 0.1) is 5.92 Å². The number of rotatable bonds is 3. The maximum absolute atomic E-state index is 10.7. The summed E-state index contributed by atoms with van der Waals surface area (Å²) in [6.45, 7) is 3.85. The maximum atomic E-state index is 10.7. The van der Waals surface area contributed by atoms with Gasteiger partial charge in [-0.1, -0.05) is 6.92 Å². The van der Waals surface area contributed by atoms with Gasteiger partial charge in [0.1, 0.15) is 0 Å². The van der Waals surface area contributed by atoms with Crippen molar-refractivity contribution in [3.05, 3.63) is 0 Å². The summed E-state index contributed by atoms with van der Waals surface area (Å²) in [5, 5.41) is 12.0. The lowest BCUT2D eigenvalue weighted by atomic mass is 9.97. The number of carbonyl (C=O) groups is 1. The van der Waals surface area contributed by atoms with Gasteiger partial charge in [0.25, 0.3) is 0 Å². The van der Waals surface area contributed by atoms with Gasteiger partial charge in [0.2, 0.25) is 0 Å². The lowest BCUT2D eigenvalue weighted by Crippen LogP contribution is -2.48. The highest BCUT2D eigenvalue weighted by Crippen LogP contribution is 2.11. The Hall–Kier alpha value is -0.610. The maximum Gasteiger partial charge on any atom is 0.308 e. The molecule has 0 aromatic rings. The van der Waals surface area contributed by atoms with Crippen molar-refractivity contribution in [3.8, 4) is 0 Å². The van der Waals surface area contributed by atoms with Crippen LogP contribution in [0.3, 0.4) is 0 Å². The molecule has 0 amide bonds. The van der Waals surface area contributed by atoms with Crippen molar-refractivity contribution in [2.45, 2.75) is 19.4 Å². The summed E-state index contributed by atoms with van der Waals surface area (Å²) in [6.07, 6.45) is 0.649. The monoisotopic (exact) mass is 173 g/mol. The Balaban J connectivity index is 2.46. The molecular weight excluding hydrogens is 158 g/mol. The molecule has 4 heteroatoms. The SMILES string of the molecule is CCC(C(=O)O)C1COCCN1. The van der Waals surface area contributed by atoms with Crippen LogP contribution in [-0.4, -0.2) is 36.9 Å². The van der Waals surface area contributed by atoms with Crippen molar-refractivity contribution >= 4 is 5.97 Å². The molecule has 0 saturated carbocycles. The number of morpholine rings is 1. The third-order valence-corrected chi connectivity index (χ3v) is 2.19. The predicted octanol–water partition coefficient (Wildman–Crippen LogP) is 0.0856. The second-order valence-electron chi connectivity index (χ2n) is 2.99. The number of carboxylic acids is 1. The van der Waals surface area contributed by atoms with Crippen molar-refractivity contribution in [2.24, 2.45) is 5.92 Å². The highest BCUT2D eigenvalue weighted by molar-refractivity contribution is 5.70. The van der Waals surface area contributed by atoms with E-state index in [-0.39, 0.29) is 12.0 Å². The molecule has 12 heavy (non-hydrogen) atoms. The Morgan fingerprint density at radius 3 is 3.00 bits per heavy atom. The van der Waals surface area contributed by atoms with E-state index in [2.05, 4.69) is 5.32 Å². The van der Waals surface area contributed by atoms with Gasteiger partial charge in [0, 0.05) is 12.6 Å². The zero-order valence-corrected chi connectivity index (χ0v) is 7.25. The van der Waals surface area contributed by atoms with E-state index in [1.807, 2.05) is 6.92 Å². The van der Waals surface area contributed by atoms with Gasteiger partial charge in [0.05, 0.1) is 19.1 Å². The zero-order chi connectivity index (χ0) is 8.97. The quantitative estimate of drug-likeness (QED) is 0.635. The van der Waals surface area contributed by atoms with Crippen LogP contribution in [0.2, 0.25) is 0 Å². The van der Waals surface area contributed by atoms with Gasteiger partial charge < -0.3 is 15.2 Å². The van der Waals surface area contributed by atoms with E-state index in [0.29, 0.717) is 19.6 Å². The predicted molar refractivity (Wildman–Crippen MR) is 44.0 cm³/mol. The molecule has 1 fully saturated rings. The van der Waals surface area contributed by atoms with E-state index in [9.17, 15) is 4.79 Å². The molecule has 1 rings (SSSR count). The van der Waals surface area contributed by atoms with Gasteiger partial charge in [-0.3, -0.25) is 4.79 Å². The minimum Gasteiger partial charge on any atom is -0.481 e. The standard InChI is InChI=1S/C8H15NO3/c1-2-6(8(10)11)7-5-12-4-3-9-7/h6-7,9H,2-5H2,1H3,(H,10,11). The van der Waals surface area contributed by atoms with Crippen LogP contribution in [0.25, 0.3) is 0 Å². The fraction of sp³-hybridized carbons (Fsp3) is 0.875. The van der Waals surface area contributed by atoms with Crippen LogP contribution in [0.15, 0.2) is 0 Å². The van der Waals surface area contributed by atoms with Gasteiger partial charge in [-0.25, -0.2) is 0 Å². The molecule has 70 valence electrons.